The van der Waals surface area contributed by atoms with E-state index in [0.29, 0.717) is 19.5 Å². The van der Waals surface area contributed by atoms with E-state index in [0.717, 1.165) is 12.0 Å². The highest BCUT2D eigenvalue weighted by Crippen LogP contribution is 2.18. The fourth-order valence-electron chi connectivity index (χ4n) is 2.44. The van der Waals surface area contributed by atoms with Crippen LogP contribution in [0, 0.1) is 5.92 Å². The molecule has 1 N–H and O–H groups in total. The average molecular weight is 261 g/mol. The molecule has 1 amide bonds. The monoisotopic (exact) mass is 261 g/mol. The molecule has 0 aromatic heterocycles. The largest absolute Gasteiger partial charge is 0.508 e. The van der Waals surface area contributed by atoms with Gasteiger partial charge in [-0.2, -0.15) is 0 Å². The Morgan fingerprint density at radius 3 is 2.95 bits per heavy atom. The zero-order valence-electron chi connectivity index (χ0n) is 11.1. The topological polar surface area (TPSA) is 57.6 Å². The van der Waals surface area contributed by atoms with Gasteiger partial charge in [-0.3, -0.25) is 9.59 Å². The number of ketones is 1. The summed E-state index contributed by atoms with van der Waals surface area (Å²) in [6.07, 6.45) is 1.53. The minimum atomic E-state index is -0.0122. The third kappa shape index (κ3) is 3.34. The Labute approximate surface area is 113 Å². The van der Waals surface area contributed by atoms with Crippen LogP contribution in [0.1, 0.15) is 25.3 Å². The lowest BCUT2D eigenvalue weighted by molar-refractivity contribution is -0.136. The Morgan fingerprint density at radius 1 is 1.47 bits per heavy atom. The summed E-state index contributed by atoms with van der Waals surface area (Å²) in [5, 5.41) is 9.38. The van der Waals surface area contributed by atoms with Gasteiger partial charge in [0.25, 0.3) is 0 Å². The van der Waals surface area contributed by atoms with Crippen LogP contribution in [-0.2, 0) is 16.0 Å². The van der Waals surface area contributed by atoms with Crippen molar-refractivity contribution in [1.82, 2.24) is 4.90 Å². The van der Waals surface area contributed by atoms with Crippen LogP contribution in [0.5, 0.6) is 5.75 Å². The number of phenols is 1. The summed E-state index contributed by atoms with van der Waals surface area (Å²) in [5.74, 6) is 0.452. The van der Waals surface area contributed by atoms with E-state index in [1.165, 1.54) is 0 Å². The number of likely N-dealkylation sites (tertiary alicyclic amines) is 1. The Balaban J connectivity index is 1.98. The van der Waals surface area contributed by atoms with E-state index in [2.05, 4.69) is 0 Å². The summed E-state index contributed by atoms with van der Waals surface area (Å²) in [5.41, 5.74) is 0.801. The Hall–Kier alpha value is -1.84. The molecule has 0 radical (unpaired) electrons. The molecule has 1 aromatic rings. The van der Waals surface area contributed by atoms with Gasteiger partial charge in [-0.25, -0.2) is 0 Å². The zero-order chi connectivity index (χ0) is 13.8. The quantitative estimate of drug-likeness (QED) is 0.902. The summed E-state index contributed by atoms with van der Waals surface area (Å²) in [7, 11) is 0. The molecule has 0 spiro atoms. The minimum Gasteiger partial charge on any atom is -0.508 e. The number of hydrogen-bond acceptors (Lipinski definition) is 3. The van der Waals surface area contributed by atoms with Crippen LogP contribution in [0.25, 0.3) is 0 Å². The smallest absolute Gasteiger partial charge is 0.227 e. The van der Waals surface area contributed by atoms with E-state index in [4.69, 9.17) is 0 Å². The molecule has 1 atom stereocenters. The van der Waals surface area contributed by atoms with Gasteiger partial charge in [-0.05, 0) is 24.1 Å². The van der Waals surface area contributed by atoms with Gasteiger partial charge in [-0.15, -0.1) is 0 Å². The van der Waals surface area contributed by atoms with Crippen molar-refractivity contribution in [3.63, 3.8) is 0 Å². The molecule has 1 saturated heterocycles. The van der Waals surface area contributed by atoms with Crippen molar-refractivity contribution in [2.24, 2.45) is 5.92 Å². The molecule has 1 heterocycles. The maximum atomic E-state index is 12.2. The molecule has 1 aromatic carbocycles. The summed E-state index contributed by atoms with van der Waals surface area (Å²) < 4.78 is 0. The number of aromatic hydroxyl groups is 1. The van der Waals surface area contributed by atoms with Crippen molar-refractivity contribution >= 4 is 11.7 Å². The number of nitrogens with zero attached hydrogens (tertiary/aromatic N) is 1. The highest BCUT2D eigenvalue weighted by atomic mass is 16.3. The standard InChI is InChI=1S/C15H19NO3/c1-2-12-10-16(7-6-14(12)18)15(19)9-11-4-3-5-13(17)8-11/h3-5,8,12,17H,2,6-7,9-10H2,1H3. The van der Waals surface area contributed by atoms with Crippen molar-refractivity contribution in [2.45, 2.75) is 26.2 Å². The molecule has 0 aliphatic carbocycles. The summed E-state index contributed by atoms with van der Waals surface area (Å²) in [4.78, 5) is 25.6. The molecule has 2 rings (SSSR count). The number of Topliss-reactive ketones (excluding diaryl/α,β-unsaturated/α-hetero) is 1. The van der Waals surface area contributed by atoms with E-state index in [9.17, 15) is 14.7 Å². The SMILES string of the molecule is CCC1CN(C(=O)Cc2cccc(O)c2)CCC1=O. The average Bonchev–Trinajstić information content (AvgIpc) is 2.39. The highest BCUT2D eigenvalue weighted by Gasteiger charge is 2.28. The van der Waals surface area contributed by atoms with Crippen LogP contribution in [0.4, 0.5) is 0 Å². The molecule has 19 heavy (non-hydrogen) atoms. The van der Waals surface area contributed by atoms with Gasteiger partial charge in [-0.1, -0.05) is 19.1 Å². The third-order valence-corrected chi connectivity index (χ3v) is 3.64. The number of carbonyl (C=O) groups is 2. The predicted molar refractivity (Wildman–Crippen MR) is 71.8 cm³/mol. The van der Waals surface area contributed by atoms with Crippen molar-refractivity contribution in [3.05, 3.63) is 29.8 Å². The number of piperidine rings is 1. The summed E-state index contributed by atoms with van der Waals surface area (Å²) >= 11 is 0. The van der Waals surface area contributed by atoms with Gasteiger partial charge in [0.05, 0.1) is 6.42 Å². The van der Waals surface area contributed by atoms with Crippen molar-refractivity contribution in [3.8, 4) is 5.75 Å². The van der Waals surface area contributed by atoms with E-state index in [1.807, 2.05) is 13.0 Å². The fraction of sp³-hybridized carbons (Fsp3) is 0.467. The first kappa shape index (κ1) is 13.6. The first-order valence-electron chi connectivity index (χ1n) is 6.68. The molecule has 1 fully saturated rings. The van der Waals surface area contributed by atoms with E-state index in [-0.39, 0.29) is 29.8 Å². The molecular weight excluding hydrogens is 242 g/mol. The molecule has 1 unspecified atom stereocenters. The first-order chi connectivity index (χ1) is 9.10. The van der Waals surface area contributed by atoms with Crippen LogP contribution in [-0.4, -0.2) is 34.8 Å². The number of amides is 1. The van der Waals surface area contributed by atoms with Gasteiger partial charge in [0.2, 0.25) is 5.91 Å². The number of benzene rings is 1. The second kappa shape index (κ2) is 5.87. The molecule has 0 saturated carbocycles. The zero-order valence-corrected chi connectivity index (χ0v) is 11.1. The van der Waals surface area contributed by atoms with Gasteiger partial charge >= 0.3 is 0 Å². The van der Waals surface area contributed by atoms with Gasteiger partial charge in [0, 0.05) is 25.4 Å². The minimum absolute atomic E-state index is 0.0122. The number of rotatable bonds is 3. The molecule has 0 bridgehead atoms. The van der Waals surface area contributed by atoms with E-state index in [1.54, 1.807) is 23.1 Å². The molecule has 4 heteroatoms. The Morgan fingerprint density at radius 2 is 2.26 bits per heavy atom. The second-order valence-corrected chi connectivity index (χ2v) is 5.01. The van der Waals surface area contributed by atoms with E-state index >= 15 is 0 Å². The van der Waals surface area contributed by atoms with Crippen LogP contribution in [0.2, 0.25) is 0 Å². The number of phenolic OH excluding ortho intramolecular Hbond substituents is 1. The van der Waals surface area contributed by atoms with Crippen molar-refractivity contribution < 1.29 is 14.7 Å². The number of carbonyl (C=O) groups excluding carboxylic acids is 2. The third-order valence-electron chi connectivity index (χ3n) is 3.64. The van der Waals surface area contributed by atoms with Crippen molar-refractivity contribution in [2.75, 3.05) is 13.1 Å². The Bertz CT molecular complexity index is 484. The fourth-order valence-corrected chi connectivity index (χ4v) is 2.44. The Kier molecular flexibility index (Phi) is 4.20. The lowest BCUT2D eigenvalue weighted by Crippen LogP contribution is -2.44. The second-order valence-electron chi connectivity index (χ2n) is 5.01. The summed E-state index contributed by atoms with van der Waals surface area (Å²) in [6.45, 7) is 3.03. The van der Waals surface area contributed by atoms with Crippen LogP contribution in [0.15, 0.2) is 24.3 Å². The molecule has 1 aliphatic rings. The molecule has 102 valence electrons. The predicted octanol–water partition coefficient (Wildman–Crippen LogP) is 1.76. The van der Waals surface area contributed by atoms with Crippen LogP contribution >= 0.6 is 0 Å². The van der Waals surface area contributed by atoms with Gasteiger partial charge in [0.15, 0.2) is 0 Å². The highest BCUT2D eigenvalue weighted by molar-refractivity contribution is 5.86. The van der Waals surface area contributed by atoms with Gasteiger partial charge < -0.3 is 10.0 Å². The van der Waals surface area contributed by atoms with Crippen LogP contribution < -0.4 is 0 Å². The lowest BCUT2D eigenvalue weighted by Gasteiger charge is -2.31. The molecule has 1 aliphatic heterocycles. The van der Waals surface area contributed by atoms with Gasteiger partial charge in [0.1, 0.15) is 11.5 Å². The molecular formula is C15H19NO3. The summed E-state index contributed by atoms with van der Waals surface area (Å²) in [6, 6.07) is 6.74. The maximum absolute atomic E-state index is 12.2. The molecule has 4 nitrogen and oxygen atoms in total. The van der Waals surface area contributed by atoms with Crippen molar-refractivity contribution in [1.29, 1.82) is 0 Å². The van der Waals surface area contributed by atoms with Crippen LogP contribution in [0.3, 0.4) is 0 Å². The first-order valence-corrected chi connectivity index (χ1v) is 6.68. The van der Waals surface area contributed by atoms with E-state index < -0.39 is 0 Å². The normalized spacial score (nSPS) is 19.5. The number of hydrogen-bond donors (Lipinski definition) is 1. The maximum Gasteiger partial charge on any atom is 0.227 e. The lowest BCUT2D eigenvalue weighted by atomic mass is 9.94.